The summed E-state index contributed by atoms with van der Waals surface area (Å²) in [5, 5.41) is 1.71. The van der Waals surface area contributed by atoms with Gasteiger partial charge in [0.2, 0.25) is 0 Å². The van der Waals surface area contributed by atoms with E-state index in [4.69, 9.17) is 4.74 Å². The third-order valence-corrected chi connectivity index (χ3v) is 3.90. The van der Waals surface area contributed by atoms with Crippen LogP contribution in [0.15, 0.2) is 48.7 Å². The fourth-order valence-corrected chi connectivity index (χ4v) is 2.70. The van der Waals surface area contributed by atoms with Crippen molar-refractivity contribution in [2.75, 3.05) is 7.11 Å². The van der Waals surface area contributed by atoms with Crippen molar-refractivity contribution in [2.45, 2.75) is 13.3 Å². The van der Waals surface area contributed by atoms with Crippen molar-refractivity contribution < 1.29 is 13.9 Å². The molecule has 1 aromatic heterocycles. The third-order valence-electron chi connectivity index (χ3n) is 3.90. The Morgan fingerprint density at radius 3 is 2.65 bits per heavy atom. The predicted octanol–water partition coefficient (Wildman–Crippen LogP) is 4.39. The number of hydrogen-bond donors (Lipinski definition) is 0. The Bertz CT molecular complexity index is 890. The van der Waals surface area contributed by atoms with Gasteiger partial charge in [0.25, 0.3) is 0 Å². The summed E-state index contributed by atoms with van der Waals surface area (Å²) in [6.45, 7) is 2.04. The molecule has 23 heavy (non-hydrogen) atoms. The first-order valence-electron chi connectivity index (χ1n) is 7.40. The van der Waals surface area contributed by atoms with Gasteiger partial charge in [0, 0.05) is 17.1 Å². The molecule has 0 radical (unpaired) electrons. The fourth-order valence-electron chi connectivity index (χ4n) is 2.70. The molecule has 0 saturated carbocycles. The Balaban J connectivity index is 2.33. The molecule has 0 bridgehead atoms. The van der Waals surface area contributed by atoms with E-state index in [0.717, 1.165) is 22.8 Å². The molecule has 0 saturated heterocycles. The molecule has 0 fully saturated rings. The van der Waals surface area contributed by atoms with Gasteiger partial charge >= 0.3 is 5.97 Å². The summed E-state index contributed by atoms with van der Waals surface area (Å²) >= 11 is 0. The average Bonchev–Trinajstić information content (AvgIpc) is 2.60. The summed E-state index contributed by atoms with van der Waals surface area (Å²) in [4.78, 5) is 16.3. The van der Waals surface area contributed by atoms with E-state index in [1.807, 2.05) is 13.0 Å². The van der Waals surface area contributed by atoms with Gasteiger partial charge in [-0.25, -0.2) is 9.18 Å². The van der Waals surface area contributed by atoms with Crippen molar-refractivity contribution in [3.8, 4) is 11.3 Å². The Hall–Kier alpha value is -2.75. The van der Waals surface area contributed by atoms with E-state index in [0.29, 0.717) is 16.8 Å². The zero-order chi connectivity index (χ0) is 16.4. The Morgan fingerprint density at radius 1 is 1.17 bits per heavy atom. The molecule has 0 atom stereocenters. The zero-order valence-corrected chi connectivity index (χ0v) is 13.0. The first kappa shape index (κ1) is 15.2. The zero-order valence-electron chi connectivity index (χ0n) is 13.0. The quantitative estimate of drug-likeness (QED) is 0.674. The molecular weight excluding hydrogens is 293 g/mol. The summed E-state index contributed by atoms with van der Waals surface area (Å²) < 4.78 is 19.0. The average molecular weight is 309 g/mol. The van der Waals surface area contributed by atoms with Gasteiger partial charge in [0.15, 0.2) is 0 Å². The van der Waals surface area contributed by atoms with Gasteiger partial charge in [-0.15, -0.1) is 0 Å². The molecule has 116 valence electrons. The molecule has 1 heterocycles. The SMILES string of the molecule is CCc1cnc(-c2ccccc2F)c2cc(C(=O)OC)ccc12. The number of aromatic nitrogens is 1. The highest BCUT2D eigenvalue weighted by atomic mass is 19.1. The monoisotopic (exact) mass is 309 g/mol. The largest absolute Gasteiger partial charge is 0.465 e. The second kappa shape index (κ2) is 6.16. The van der Waals surface area contributed by atoms with Crippen LogP contribution in [-0.4, -0.2) is 18.1 Å². The van der Waals surface area contributed by atoms with E-state index in [2.05, 4.69) is 4.98 Å². The number of benzene rings is 2. The molecule has 3 nitrogen and oxygen atoms in total. The number of esters is 1. The summed E-state index contributed by atoms with van der Waals surface area (Å²) in [5.74, 6) is -0.762. The van der Waals surface area contributed by atoms with Crippen molar-refractivity contribution in [3.05, 3.63) is 65.6 Å². The number of methoxy groups -OCH3 is 1. The lowest BCUT2D eigenvalue weighted by molar-refractivity contribution is 0.0601. The van der Waals surface area contributed by atoms with Crippen LogP contribution in [0.25, 0.3) is 22.0 Å². The molecule has 0 unspecified atom stereocenters. The van der Waals surface area contributed by atoms with Crippen LogP contribution >= 0.6 is 0 Å². The maximum absolute atomic E-state index is 14.2. The maximum atomic E-state index is 14.2. The third kappa shape index (κ3) is 2.68. The number of rotatable bonds is 3. The highest BCUT2D eigenvalue weighted by Crippen LogP contribution is 2.31. The van der Waals surface area contributed by atoms with Gasteiger partial charge in [0.05, 0.1) is 18.4 Å². The molecule has 0 aliphatic carbocycles. The lowest BCUT2D eigenvalue weighted by Gasteiger charge is -2.11. The smallest absolute Gasteiger partial charge is 0.337 e. The van der Waals surface area contributed by atoms with Crippen LogP contribution in [-0.2, 0) is 11.2 Å². The van der Waals surface area contributed by atoms with E-state index in [9.17, 15) is 9.18 Å². The van der Waals surface area contributed by atoms with E-state index < -0.39 is 5.97 Å². The molecule has 3 aromatic rings. The fraction of sp³-hybridized carbons (Fsp3) is 0.158. The van der Waals surface area contributed by atoms with Crippen LogP contribution in [0.3, 0.4) is 0 Å². The van der Waals surface area contributed by atoms with Crippen LogP contribution in [0.5, 0.6) is 0 Å². The Morgan fingerprint density at radius 2 is 1.96 bits per heavy atom. The number of carbonyl (C=O) groups excluding carboxylic acids is 1. The second-order valence-electron chi connectivity index (χ2n) is 5.22. The summed E-state index contributed by atoms with van der Waals surface area (Å²) in [6.07, 6.45) is 2.57. The topological polar surface area (TPSA) is 39.2 Å². The first-order valence-corrected chi connectivity index (χ1v) is 7.40. The number of nitrogens with zero attached hydrogens (tertiary/aromatic N) is 1. The van der Waals surface area contributed by atoms with Gasteiger partial charge in [0.1, 0.15) is 5.82 Å². The van der Waals surface area contributed by atoms with Crippen LogP contribution < -0.4 is 0 Å². The van der Waals surface area contributed by atoms with E-state index in [1.165, 1.54) is 13.2 Å². The van der Waals surface area contributed by atoms with Gasteiger partial charge in [-0.2, -0.15) is 0 Å². The molecule has 4 heteroatoms. The molecule has 2 aromatic carbocycles. The summed E-state index contributed by atoms with van der Waals surface area (Å²) in [7, 11) is 1.34. The standard InChI is InChI=1S/C19H16FNO2/c1-3-12-11-21-18(15-6-4-5-7-17(15)20)16-10-13(19(22)23-2)8-9-14(12)16/h4-11H,3H2,1-2H3. The minimum atomic E-state index is -0.423. The van der Waals surface area contributed by atoms with Crippen LogP contribution in [0.4, 0.5) is 4.39 Å². The maximum Gasteiger partial charge on any atom is 0.337 e. The van der Waals surface area contributed by atoms with Crippen LogP contribution in [0.2, 0.25) is 0 Å². The number of hydrogen-bond acceptors (Lipinski definition) is 3. The second-order valence-corrected chi connectivity index (χ2v) is 5.22. The molecule has 0 aliphatic rings. The first-order chi connectivity index (χ1) is 11.2. The minimum absolute atomic E-state index is 0.339. The van der Waals surface area contributed by atoms with Crippen molar-refractivity contribution in [2.24, 2.45) is 0 Å². The molecule has 0 amide bonds. The highest BCUT2D eigenvalue weighted by molar-refractivity contribution is 6.01. The van der Waals surface area contributed by atoms with Gasteiger partial charge in [-0.3, -0.25) is 4.98 Å². The van der Waals surface area contributed by atoms with E-state index in [-0.39, 0.29) is 5.82 Å². The summed E-state index contributed by atoms with van der Waals surface area (Å²) in [5.41, 5.74) is 2.42. The van der Waals surface area contributed by atoms with Crippen molar-refractivity contribution in [1.82, 2.24) is 4.98 Å². The van der Waals surface area contributed by atoms with Crippen LogP contribution in [0, 0.1) is 5.82 Å². The van der Waals surface area contributed by atoms with Crippen molar-refractivity contribution in [3.63, 3.8) is 0 Å². The Labute approximate surface area is 133 Å². The number of pyridine rings is 1. The number of halogens is 1. The van der Waals surface area contributed by atoms with Gasteiger partial charge < -0.3 is 4.74 Å². The van der Waals surface area contributed by atoms with E-state index in [1.54, 1.807) is 36.5 Å². The van der Waals surface area contributed by atoms with E-state index >= 15 is 0 Å². The van der Waals surface area contributed by atoms with Crippen LogP contribution in [0.1, 0.15) is 22.8 Å². The number of fused-ring (bicyclic) bond motifs is 1. The molecule has 0 N–H and O–H groups in total. The lowest BCUT2D eigenvalue weighted by Crippen LogP contribution is -2.02. The normalized spacial score (nSPS) is 10.7. The number of ether oxygens (including phenoxy) is 1. The molecule has 0 spiro atoms. The predicted molar refractivity (Wildman–Crippen MR) is 87.9 cm³/mol. The minimum Gasteiger partial charge on any atom is -0.465 e. The molecule has 0 aliphatic heterocycles. The summed E-state index contributed by atoms with van der Waals surface area (Å²) in [6, 6.07) is 11.8. The number of aryl methyl sites for hydroxylation is 1. The van der Waals surface area contributed by atoms with Gasteiger partial charge in [-0.05, 0) is 41.6 Å². The molecule has 3 rings (SSSR count). The molecular formula is C19H16FNO2. The Kier molecular flexibility index (Phi) is 4.06. The van der Waals surface area contributed by atoms with Crippen molar-refractivity contribution in [1.29, 1.82) is 0 Å². The van der Waals surface area contributed by atoms with Crippen molar-refractivity contribution >= 4 is 16.7 Å². The van der Waals surface area contributed by atoms with Gasteiger partial charge in [-0.1, -0.05) is 25.1 Å². The lowest BCUT2D eigenvalue weighted by atomic mass is 9.97. The highest BCUT2D eigenvalue weighted by Gasteiger charge is 2.14. The number of carbonyl (C=O) groups is 1.